The molecule has 1 heterocycles. The van der Waals surface area contributed by atoms with Crippen molar-refractivity contribution >= 4 is 5.84 Å². The second kappa shape index (κ2) is 5.70. The summed E-state index contributed by atoms with van der Waals surface area (Å²) in [5.41, 5.74) is 4.42. The zero-order chi connectivity index (χ0) is 15.5. The number of para-hydroxylation sites is 1. The van der Waals surface area contributed by atoms with E-state index in [0.717, 1.165) is 6.07 Å². The summed E-state index contributed by atoms with van der Waals surface area (Å²) in [5, 5.41) is 11.4. The first-order valence-corrected chi connectivity index (χ1v) is 5.70. The van der Waals surface area contributed by atoms with Crippen LogP contribution in [0.3, 0.4) is 0 Å². The topological polar surface area (TPSA) is 80.7 Å². The van der Waals surface area contributed by atoms with E-state index in [1.54, 1.807) is 0 Å². The summed E-state index contributed by atoms with van der Waals surface area (Å²) in [6.45, 7) is 0. The van der Waals surface area contributed by atoms with E-state index in [-0.39, 0.29) is 17.3 Å². The number of nitrogens with two attached hydrogens (primary N) is 1. The van der Waals surface area contributed by atoms with Crippen molar-refractivity contribution in [1.29, 1.82) is 0 Å². The van der Waals surface area contributed by atoms with E-state index in [1.165, 1.54) is 36.5 Å². The van der Waals surface area contributed by atoms with Gasteiger partial charge >= 0.3 is 6.18 Å². The fourth-order valence-electron chi connectivity index (χ4n) is 1.62. The molecule has 0 amide bonds. The number of rotatable bonds is 3. The van der Waals surface area contributed by atoms with Crippen LogP contribution in [0, 0.1) is 0 Å². The molecule has 0 atom stereocenters. The minimum Gasteiger partial charge on any atom is -0.454 e. The number of hydrogen-bond acceptors (Lipinski definition) is 4. The summed E-state index contributed by atoms with van der Waals surface area (Å²) in [6.07, 6.45) is -3.22. The quantitative estimate of drug-likeness (QED) is 0.395. The molecule has 0 spiro atoms. The number of halogens is 3. The van der Waals surface area contributed by atoms with E-state index >= 15 is 0 Å². The maximum Gasteiger partial charge on any atom is 0.419 e. The minimum atomic E-state index is -4.56. The number of oxime groups is 1. The fourth-order valence-corrected chi connectivity index (χ4v) is 1.62. The van der Waals surface area contributed by atoms with Crippen molar-refractivity contribution in [3.63, 3.8) is 0 Å². The summed E-state index contributed by atoms with van der Waals surface area (Å²) in [6, 6.07) is 7.56. The Morgan fingerprint density at radius 2 is 1.81 bits per heavy atom. The summed E-state index contributed by atoms with van der Waals surface area (Å²) in [4.78, 5) is 3.82. The second-order valence-electron chi connectivity index (χ2n) is 3.93. The van der Waals surface area contributed by atoms with E-state index in [4.69, 9.17) is 15.7 Å². The molecule has 0 saturated carbocycles. The summed E-state index contributed by atoms with van der Waals surface area (Å²) >= 11 is 0. The van der Waals surface area contributed by atoms with Crippen LogP contribution in [0.1, 0.15) is 11.3 Å². The van der Waals surface area contributed by atoms with Gasteiger partial charge in [-0.05, 0) is 24.3 Å². The van der Waals surface area contributed by atoms with Crippen LogP contribution in [-0.4, -0.2) is 16.0 Å². The number of alkyl halides is 3. The van der Waals surface area contributed by atoms with Crippen molar-refractivity contribution in [2.24, 2.45) is 10.9 Å². The molecule has 0 aliphatic carbocycles. The third-order valence-corrected chi connectivity index (χ3v) is 2.53. The fraction of sp³-hybridized carbons (Fsp3) is 0.0769. The monoisotopic (exact) mass is 297 g/mol. The van der Waals surface area contributed by atoms with Gasteiger partial charge in [0, 0.05) is 6.20 Å². The molecular formula is C13H10F3N3O2. The van der Waals surface area contributed by atoms with Gasteiger partial charge in [0.1, 0.15) is 5.75 Å². The molecule has 21 heavy (non-hydrogen) atoms. The lowest BCUT2D eigenvalue weighted by atomic mass is 10.2. The molecule has 0 radical (unpaired) electrons. The molecule has 0 aliphatic rings. The van der Waals surface area contributed by atoms with E-state index in [1.807, 2.05) is 0 Å². The van der Waals surface area contributed by atoms with Gasteiger partial charge in [0.05, 0.1) is 5.56 Å². The van der Waals surface area contributed by atoms with Gasteiger partial charge in [-0.1, -0.05) is 17.3 Å². The number of nitrogens with zero attached hydrogens (tertiary/aromatic N) is 2. The Hall–Kier alpha value is -2.77. The number of benzene rings is 1. The van der Waals surface area contributed by atoms with Gasteiger partial charge in [-0.15, -0.1) is 0 Å². The van der Waals surface area contributed by atoms with Crippen molar-refractivity contribution in [2.45, 2.75) is 6.18 Å². The number of hydrogen-bond donors (Lipinski definition) is 2. The lowest BCUT2D eigenvalue weighted by Crippen LogP contribution is -2.16. The molecule has 1 aromatic heterocycles. The smallest absolute Gasteiger partial charge is 0.419 e. The van der Waals surface area contributed by atoms with Crippen LogP contribution in [0.25, 0.3) is 0 Å². The predicted molar refractivity (Wildman–Crippen MR) is 68.3 cm³/mol. The van der Waals surface area contributed by atoms with Gasteiger partial charge < -0.3 is 15.7 Å². The van der Waals surface area contributed by atoms with E-state index in [2.05, 4.69) is 10.1 Å². The van der Waals surface area contributed by atoms with E-state index in [0.29, 0.717) is 0 Å². The number of amidine groups is 1. The number of aromatic nitrogens is 1. The Balaban J connectivity index is 2.45. The van der Waals surface area contributed by atoms with Crippen LogP contribution in [0.2, 0.25) is 0 Å². The largest absolute Gasteiger partial charge is 0.454 e. The van der Waals surface area contributed by atoms with Gasteiger partial charge in [-0.25, -0.2) is 4.98 Å². The van der Waals surface area contributed by atoms with Crippen LogP contribution in [0.5, 0.6) is 11.5 Å². The standard InChI is InChI=1S/C13H10F3N3O2/c14-13(15,16)8-4-1-2-5-9(8)21-10-6-3-7-18-11(10)12(17)19-20/h1-7,20H,(H2,17,19). The SMILES string of the molecule is N/C(=N/O)c1ncccc1Oc1ccccc1C(F)(F)F. The Morgan fingerprint density at radius 1 is 1.14 bits per heavy atom. The van der Waals surface area contributed by atoms with Crippen molar-refractivity contribution < 1.29 is 23.1 Å². The lowest BCUT2D eigenvalue weighted by molar-refractivity contribution is -0.138. The van der Waals surface area contributed by atoms with Gasteiger partial charge in [-0.3, -0.25) is 0 Å². The maximum atomic E-state index is 12.9. The van der Waals surface area contributed by atoms with Crippen LogP contribution in [0.4, 0.5) is 13.2 Å². The summed E-state index contributed by atoms with van der Waals surface area (Å²) in [7, 11) is 0. The van der Waals surface area contributed by atoms with Gasteiger partial charge in [-0.2, -0.15) is 13.2 Å². The van der Waals surface area contributed by atoms with Gasteiger partial charge in [0.2, 0.25) is 0 Å². The molecule has 1 aromatic carbocycles. The highest BCUT2D eigenvalue weighted by molar-refractivity contribution is 5.97. The maximum absolute atomic E-state index is 12.9. The normalized spacial score (nSPS) is 12.2. The summed E-state index contributed by atoms with van der Waals surface area (Å²) < 4.78 is 43.9. The van der Waals surface area contributed by atoms with Crippen LogP contribution in [0.15, 0.2) is 47.8 Å². The molecule has 110 valence electrons. The molecule has 0 saturated heterocycles. The molecular weight excluding hydrogens is 287 g/mol. The molecule has 0 unspecified atom stereocenters. The zero-order valence-electron chi connectivity index (χ0n) is 10.5. The Kier molecular flexibility index (Phi) is 3.97. The van der Waals surface area contributed by atoms with Crippen LogP contribution in [-0.2, 0) is 6.18 Å². The first kappa shape index (κ1) is 14.6. The third kappa shape index (κ3) is 3.22. The molecule has 0 fully saturated rings. The van der Waals surface area contributed by atoms with E-state index < -0.39 is 17.5 Å². The van der Waals surface area contributed by atoms with Crippen molar-refractivity contribution in [3.05, 3.63) is 53.9 Å². The first-order chi connectivity index (χ1) is 9.93. The average molecular weight is 297 g/mol. The lowest BCUT2D eigenvalue weighted by Gasteiger charge is -2.14. The number of pyridine rings is 1. The summed E-state index contributed by atoms with van der Waals surface area (Å²) in [5.74, 6) is -0.815. The van der Waals surface area contributed by atoms with Crippen LogP contribution < -0.4 is 10.5 Å². The highest BCUT2D eigenvalue weighted by Gasteiger charge is 2.34. The predicted octanol–water partition coefficient (Wildman–Crippen LogP) is 2.99. The number of ether oxygens (including phenoxy) is 1. The van der Waals surface area contributed by atoms with Gasteiger partial charge in [0.15, 0.2) is 17.3 Å². The Bertz CT molecular complexity index is 672. The highest BCUT2D eigenvalue weighted by Crippen LogP contribution is 2.38. The minimum absolute atomic E-state index is 0.0514. The van der Waals surface area contributed by atoms with E-state index in [9.17, 15) is 13.2 Å². The second-order valence-corrected chi connectivity index (χ2v) is 3.93. The highest BCUT2D eigenvalue weighted by atomic mass is 19.4. The molecule has 2 aromatic rings. The average Bonchev–Trinajstić information content (AvgIpc) is 2.46. The van der Waals surface area contributed by atoms with Crippen LogP contribution >= 0.6 is 0 Å². The molecule has 3 N–H and O–H groups in total. The Labute approximate surface area is 117 Å². The zero-order valence-corrected chi connectivity index (χ0v) is 10.5. The molecule has 0 aliphatic heterocycles. The molecule has 2 rings (SSSR count). The van der Waals surface area contributed by atoms with Crippen molar-refractivity contribution in [1.82, 2.24) is 4.98 Å². The van der Waals surface area contributed by atoms with Crippen molar-refractivity contribution in [2.75, 3.05) is 0 Å². The Morgan fingerprint density at radius 3 is 2.48 bits per heavy atom. The molecule has 0 bridgehead atoms. The van der Waals surface area contributed by atoms with Crippen molar-refractivity contribution in [3.8, 4) is 11.5 Å². The first-order valence-electron chi connectivity index (χ1n) is 5.70. The third-order valence-electron chi connectivity index (χ3n) is 2.53. The molecule has 8 heteroatoms. The van der Waals surface area contributed by atoms with Gasteiger partial charge in [0.25, 0.3) is 0 Å². The molecule has 5 nitrogen and oxygen atoms in total.